The number of nitrogens with one attached hydrogen (secondary N) is 1. The number of rotatable bonds is 8. The highest BCUT2D eigenvalue weighted by Gasteiger charge is 2.38. The Balaban J connectivity index is 1.37. The quantitative estimate of drug-likeness (QED) is 0.569. The number of carbonyl (C=O) groups excluding carboxylic acids is 1. The van der Waals surface area contributed by atoms with Crippen LogP contribution in [0.4, 0.5) is 17.6 Å². The molecule has 0 aliphatic heterocycles. The van der Waals surface area contributed by atoms with Crippen molar-refractivity contribution in [3.63, 3.8) is 0 Å². The maximum atomic E-state index is 12.9. The van der Waals surface area contributed by atoms with Gasteiger partial charge in [-0.1, -0.05) is 5.16 Å². The van der Waals surface area contributed by atoms with E-state index < -0.39 is 12.1 Å². The lowest BCUT2D eigenvalue weighted by Gasteiger charge is -2.02. The molecule has 0 aliphatic rings. The zero-order chi connectivity index (χ0) is 20.9. The number of hydrogen-bond acceptors (Lipinski definition) is 6. The van der Waals surface area contributed by atoms with Gasteiger partial charge in [-0.2, -0.15) is 18.2 Å². The fraction of sp³-hybridized carbons (Fsp3) is 0.333. The van der Waals surface area contributed by atoms with Crippen molar-refractivity contribution in [2.45, 2.75) is 31.9 Å². The number of alkyl halides is 3. The Morgan fingerprint density at radius 2 is 1.86 bits per heavy atom. The lowest BCUT2D eigenvalue weighted by molar-refractivity contribution is -0.159. The molecule has 2 aromatic heterocycles. The van der Waals surface area contributed by atoms with Crippen LogP contribution in [0.25, 0.3) is 11.5 Å². The second-order valence-corrected chi connectivity index (χ2v) is 6.12. The third-order valence-corrected chi connectivity index (χ3v) is 3.86. The molecule has 0 fully saturated rings. The Kier molecular flexibility index (Phi) is 6.25. The molecule has 0 saturated heterocycles. The minimum atomic E-state index is -4.68. The largest absolute Gasteiger partial charge is 0.471 e. The van der Waals surface area contributed by atoms with E-state index in [0.717, 1.165) is 0 Å². The Hall–Kier alpha value is -3.24. The summed E-state index contributed by atoms with van der Waals surface area (Å²) in [6.07, 6.45) is -2.32. The van der Waals surface area contributed by atoms with Crippen LogP contribution in [-0.4, -0.2) is 27.6 Å². The number of aryl methyl sites for hydroxylation is 1. The molecule has 154 valence electrons. The molecule has 0 radical (unpaired) electrons. The van der Waals surface area contributed by atoms with E-state index in [2.05, 4.69) is 25.0 Å². The molecule has 29 heavy (non-hydrogen) atoms. The van der Waals surface area contributed by atoms with E-state index in [1.165, 1.54) is 18.4 Å². The van der Waals surface area contributed by atoms with E-state index in [1.807, 2.05) is 0 Å². The molecule has 7 nitrogen and oxygen atoms in total. The van der Waals surface area contributed by atoms with Gasteiger partial charge in [0.05, 0.1) is 5.69 Å². The molecule has 0 spiro atoms. The predicted octanol–water partition coefficient (Wildman–Crippen LogP) is 3.56. The number of benzene rings is 1. The predicted molar refractivity (Wildman–Crippen MR) is 90.8 cm³/mol. The van der Waals surface area contributed by atoms with E-state index in [0.29, 0.717) is 30.1 Å². The molecule has 0 atom stereocenters. The van der Waals surface area contributed by atoms with Crippen molar-refractivity contribution in [3.8, 4) is 11.5 Å². The SMILES string of the molecule is O=C(CCCc1noc(C(F)(F)F)n1)NCCc1coc(-c2ccc(F)cc2)n1. The zero-order valence-electron chi connectivity index (χ0n) is 15.0. The first kappa shape index (κ1) is 20.5. The molecule has 3 rings (SSSR count). The number of nitrogens with zero attached hydrogens (tertiary/aromatic N) is 3. The average molecular weight is 412 g/mol. The second kappa shape index (κ2) is 8.84. The Labute approximate surface area is 162 Å². The minimum absolute atomic E-state index is 0.0946. The Morgan fingerprint density at radius 3 is 2.55 bits per heavy atom. The number of aromatic nitrogens is 3. The van der Waals surface area contributed by atoms with Crippen LogP contribution in [0.3, 0.4) is 0 Å². The summed E-state index contributed by atoms with van der Waals surface area (Å²) in [7, 11) is 0. The number of oxazole rings is 1. The molecule has 1 aromatic carbocycles. The number of amides is 1. The van der Waals surface area contributed by atoms with Crippen LogP contribution in [0, 0.1) is 5.82 Å². The molecular weight excluding hydrogens is 396 g/mol. The van der Waals surface area contributed by atoms with Crippen molar-refractivity contribution in [1.82, 2.24) is 20.4 Å². The van der Waals surface area contributed by atoms with E-state index in [-0.39, 0.29) is 36.8 Å². The fourth-order valence-corrected chi connectivity index (χ4v) is 2.44. The first-order chi connectivity index (χ1) is 13.8. The molecule has 0 aliphatic carbocycles. The van der Waals surface area contributed by atoms with Gasteiger partial charge in [0, 0.05) is 31.4 Å². The normalized spacial score (nSPS) is 11.6. The second-order valence-electron chi connectivity index (χ2n) is 6.12. The molecule has 1 N–H and O–H groups in total. The van der Waals surface area contributed by atoms with Gasteiger partial charge in [0.15, 0.2) is 5.82 Å². The monoisotopic (exact) mass is 412 g/mol. The van der Waals surface area contributed by atoms with Gasteiger partial charge in [0.2, 0.25) is 11.8 Å². The van der Waals surface area contributed by atoms with Gasteiger partial charge >= 0.3 is 12.1 Å². The van der Waals surface area contributed by atoms with Gasteiger partial charge in [-0.3, -0.25) is 4.79 Å². The Morgan fingerprint density at radius 1 is 1.10 bits per heavy atom. The van der Waals surface area contributed by atoms with Crippen molar-refractivity contribution >= 4 is 5.91 Å². The van der Waals surface area contributed by atoms with Crippen LogP contribution in [-0.2, 0) is 23.8 Å². The highest BCUT2D eigenvalue weighted by atomic mass is 19.4. The first-order valence-corrected chi connectivity index (χ1v) is 8.68. The summed E-state index contributed by atoms with van der Waals surface area (Å²) >= 11 is 0. The average Bonchev–Trinajstić information content (AvgIpc) is 3.32. The molecule has 11 heteroatoms. The number of halogens is 4. The van der Waals surface area contributed by atoms with Crippen molar-refractivity contribution in [2.24, 2.45) is 0 Å². The third-order valence-electron chi connectivity index (χ3n) is 3.86. The zero-order valence-corrected chi connectivity index (χ0v) is 15.0. The molecular formula is C18H16F4N4O3. The maximum absolute atomic E-state index is 12.9. The van der Waals surface area contributed by atoms with Crippen molar-refractivity contribution in [1.29, 1.82) is 0 Å². The smallest absolute Gasteiger partial charge is 0.444 e. The topological polar surface area (TPSA) is 94.0 Å². The van der Waals surface area contributed by atoms with Gasteiger partial charge in [-0.15, -0.1) is 0 Å². The minimum Gasteiger partial charge on any atom is -0.444 e. The summed E-state index contributed by atoms with van der Waals surface area (Å²) in [6, 6.07) is 5.71. The third kappa shape index (κ3) is 5.87. The van der Waals surface area contributed by atoms with E-state index in [9.17, 15) is 22.4 Å². The summed E-state index contributed by atoms with van der Waals surface area (Å²) in [5, 5.41) is 5.93. The van der Waals surface area contributed by atoms with Gasteiger partial charge in [0.25, 0.3) is 0 Å². The highest BCUT2D eigenvalue weighted by molar-refractivity contribution is 5.75. The first-order valence-electron chi connectivity index (χ1n) is 8.68. The van der Waals surface area contributed by atoms with Gasteiger partial charge in [-0.05, 0) is 30.7 Å². The van der Waals surface area contributed by atoms with Crippen molar-refractivity contribution in [3.05, 3.63) is 53.8 Å². The highest BCUT2D eigenvalue weighted by Crippen LogP contribution is 2.27. The molecule has 2 heterocycles. The van der Waals surface area contributed by atoms with Gasteiger partial charge in [-0.25, -0.2) is 9.37 Å². The summed E-state index contributed by atoms with van der Waals surface area (Å²) in [4.78, 5) is 19.3. The maximum Gasteiger partial charge on any atom is 0.471 e. The van der Waals surface area contributed by atoms with E-state index >= 15 is 0 Å². The standard InChI is InChI=1S/C18H16F4N4O3/c19-12-6-4-11(5-7-12)16-24-13(10-28-16)8-9-23-15(27)3-1-2-14-25-17(29-26-14)18(20,21)22/h4-7,10H,1-3,8-9H2,(H,23,27). The van der Waals surface area contributed by atoms with E-state index in [1.54, 1.807) is 12.1 Å². The summed E-state index contributed by atoms with van der Waals surface area (Å²) in [5.74, 6) is -1.76. The van der Waals surface area contributed by atoms with Crippen LogP contribution in [0.1, 0.15) is 30.3 Å². The summed E-state index contributed by atoms with van der Waals surface area (Å²) in [5.41, 5.74) is 1.26. The molecule has 0 bridgehead atoms. The van der Waals surface area contributed by atoms with Gasteiger partial charge < -0.3 is 14.3 Å². The van der Waals surface area contributed by atoms with E-state index in [4.69, 9.17) is 4.42 Å². The lowest BCUT2D eigenvalue weighted by Crippen LogP contribution is -2.25. The summed E-state index contributed by atoms with van der Waals surface area (Å²) < 4.78 is 59.5. The number of carbonyl (C=O) groups is 1. The van der Waals surface area contributed by atoms with Crippen molar-refractivity contribution < 1.29 is 31.3 Å². The van der Waals surface area contributed by atoms with Crippen LogP contribution < -0.4 is 5.32 Å². The molecule has 1 amide bonds. The van der Waals surface area contributed by atoms with Crippen LogP contribution >= 0.6 is 0 Å². The molecule has 0 unspecified atom stereocenters. The number of hydrogen-bond donors (Lipinski definition) is 1. The Bertz CT molecular complexity index is 951. The van der Waals surface area contributed by atoms with Crippen LogP contribution in [0.2, 0.25) is 0 Å². The van der Waals surface area contributed by atoms with Crippen LogP contribution in [0.5, 0.6) is 0 Å². The fourth-order valence-electron chi connectivity index (χ4n) is 2.44. The lowest BCUT2D eigenvalue weighted by atomic mass is 10.2. The summed E-state index contributed by atoms with van der Waals surface area (Å²) in [6.45, 7) is 0.314. The van der Waals surface area contributed by atoms with Crippen molar-refractivity contribution in [2.75, 3.05) is 6.54 Å². The molecule has 0 saturated carbocycles. The van der Waals surface area contributed by atoms with Gasteiger partial charge in [0.1, 0.15) is 12.1 Å². The van der Waals surface area contributed by atoms with Crippen LogP contribution in [0.15, 0.2) is 39.5 Å². The molecule has 3 aromatic rings.